The van der Waals surface area contributed by atoms with Gasteiger partial charge in [-0.25, -0.2) is 9.59 Å². The molecule has 0 aliphatic carbocycles. The molecule has 1 rings (SSSR count). The highest BCUT2D eigenvalue weighted by molar-refractivity contribution is 7.80. The third-order valence-corrected chi connectivity index (χ3v) is 2.08. The van der Waals surface area contributed by atoms with Gasteiger partial charge in [-0.05, 0) is 23.8 Å². The molecule has 0 aliphatic rings. The number of aromatic carboxylic acids is 2. The lowest BCUT2D eigenvalue weighted by Gasteiger charge is -2.01. The number of hydrogen-bond donors (Lipinski definition) is 3. The summed E-state index contributed by atoms with van der Waals surface area (Å²) in [7, 11) is 0. The van der Waals surface area contributed by atoms with Gasteiger partial charge in [0.15, 0.2) is 0 Å². The number of thiol groups is 1. The maximum absolute atomic E-state index is 10.8. The number of carbonyl (C=O) groups is 2. The quantitative estimate of drug-likeness (QED) is 0.701. The van der Waals surface area contributed by atoms with E-state index in [1.54, 1.807) is 12.2 Å². The number of hydrogen-bond acceptors (Lipinski definition) is 3. The predicted octanol–water partition coefficient (Wildman–Crippen LogP) is 2.03. The molecule has 0 aromatic heterocycles. The summed E-state index contributed by atoms with van der Waals surface area (Å²) >= 11 is 3.96. The minimum atomic E-state index is -1.15. The highest BCUT2D eigenvalue weighted by atomic mass is 32.1. The molecule has 16 heavy (non-hydrogen) atoms. The second-order valence-corrected chi connectivity index (χ2v) is 3.40. The normalized spacial score (nSPS) is 10.6. The van der Waals surface area contributed by atoms with Crippen LogP contribution in [0.4, 0.5) is 0 Å². The molecule has 0 heterocycles. The maximum atomic E-state index is 10.8. The van der Waals surface area contributed by atoms with Crippen molar-refractivity contribution in [3.05, 3.63) is 41.0 Å². The van der Waals surface area contributed by atoms with Crippen molar-refractivity contribution in [2.24, 2.45) is 0 Å². The van der Waals surface area contributed by atoms with Crippen molar-refractivity contribution in [1.82, 2.24) is 0 Å². The fraction of sp³-hybridized carbons (Fsp3) is 0.0909. The van der Waals surface area contributed by atoms with Crippen LogP contribution in [0.15, 0.2) is 24.3 Å². The summed E-state index contributed by atoms with van der Waals surface area (Å²) in [6.07, 6.45) is 3.33. The third-order valence-electron chi connectivity index (χ3n) is 1.86. The first-order valence-corrected chi connectivity index (χ1v) is 5.07. The SMILES string of the molecule is O=C(O)c1cc(C=CCS)cc(C(=O)O)c1. The molecule has 0 aliphatic heterocycles. The number of carboxylic acids is 2. The van der Waals surface area contributed by atoms with E-state index < -0.39 is 11.9 Å². The summed E-state index contributed by atoms with van der Waals surface area (Å²) in [5.74, 6) is -1.80. The zero-order chi connectivity index (χ0) is 12.1. The predicted molar refractivity (Wildman–Crippen MR) is 63.2 cm³/mol. The first-order chi connectivity index (χ1) is 7.54. The fourth-order valence-corrected chi connectivity index (χ4v) is 1.29. The van der Waals surface area contributed by atoms with Crippen LogP contribution in [-0.2, 0) is 0 Å². The molecule has 0 saturated carbocycles. The van der Waals surface area contributed by atoms with Crippen molar-refractivity contribution in [2.45, 2.75) is 0 Å². The van der Waals surface area contributed by atoms with E-state index in [1.165, 1.54) is 12.1 Å². The maximum Gasteiger partial charge on any atom is 0.335 e. The Bertz CT molecular complexity index is 419. The van der Waals surface area contributed by atoms with Crippen molar-refractivity contribution in [3.63, 3.8) is 0 Å². The van der Waals surface area contributed by atoms with Crippen LogP contribution in [0, 0.1) is 0 Å². The standard InChI is InChI=1S/C11H10O4S/c12-10(13)8-4-7(2-1-3-16)5-9(6-8)11(14)15/h1-2,4-6,16H,3H2,(H,12,13)(H,14,15). The van der Waals surface area contributed by atoms with Crippen molar-refractivity contribution in [2.75, 3.05) is 5.75 Å². The van der Waals surface area contributed by atoms with Gasteiger partial charge in [-0.3, -0.25) is 0 Å². The van der Waals surface area contributed by atoms with Gasteiger partial charge in [0.05, 0.1) is 11.1 Å². The average Bonchev–Trinajstić information content (AvgIpc) is 2.25. The summed E-state index contributed by atoms with van der Waals surface area (Å²) < 4.78 is 0. The van der Waals surface area contributed by atoms with Crippen LogP contribution in [0.5, 0.6) is 0 Å². The molecule has 1 aromatic carbocycles. The van der Waals surface area contributed by atoms with Gasteiger partial charge >= 0.3 is 11.9 Å². The van der Waals surface area contributed by atoms with Crippen LogP contribution >= 0.6 is 12.6 Å². The van der Waals surface area contributed by atoms with Crippen LogP contribution in [0.25, 0.3) is 6.08 Å². The van der Waals surface area contributed by atoms with Crippen LogP contribution < -0.4 is 0 Å². The van der Waals surface area contributed by atoms with Gasteiger partial charge in [0.25, 0.3) is 0 Å². The van der Waals surface area contributed by atoms with E-state index in [0.29, 0.717) is 11.3 Å². The summed E-state index contributed by atoms with van der Waals surface area (Å²) in [4.78, 5) is 21.5. The average molecular weight is 238 g/mol. The van der Waals surface area contributed by atoms with Gasteiger partial charge in [-0.1, -0.05) is 12.2 Å². The molecule has 84 valence electrons. The van der Waals surface area contributed by atoms with Gasteiger partial charge in [0, 0.05) is 5.75 Å². The molecule has 0 atom stereocenters. The van der Waals surface area contributed by atoms with E-state index in [2.05, 4.69) is 12.6 Å². The number of benzene rings is 1. The van der Waals surface area contributed by atoms with Crippen LogP contribution in [0.3, 0.4) is 0 Å². The lowest BCUT2D eigenvalue weighted by atomic mass is 10.1. The molecular formula is C11H10O4S. The Balaban J connectivity index is 3.24. The van der Waals surface area contributed by atoms with Gasteiger partial charge in [-0.2, -0.15) is 12.6 Å². The zero-order valence-corrected chi connectivity index (χ0v) is 9.15. The van der Waals surface area contributed by atoms with E-state index in [4.69, 9.17) is 10.2 Å². The van der Waals surface area contributed by atoms with E-state index >= 15 is 0 Å². The van der Waals surface area contributed by atoms with Crippen LogP contribution in [-0.4, -0.2) is 27.9 Å². The molecule has 4 nitrogen and oxygen atoms in total. The fourth-order valence-electron chi connectivity index (χ4n) is 1.18. The summed E-state index contributed by atoms with van der Waals surface area (Å²) in [6.45, 7) is 0. The van der Waals surface area contributed by atoms with E-state index in [0.717, 1.165) is 6.07 Å². The molecule has 0 amide bonds. The monoisotopic (exact) mass is 238 g/mol. The van der Waals surface area contributed by atoms with Crippen molar-refractivity contribution >= 4 is 30.6 Å². The van der Waals surface area contributed by atoms with Gasteiger partial charge in [0.2, 0.25) is 0 Å². The summed E-state index contributed by atoms with van der Waals surface area (Å²) in [5, 5.41) is 17.6. The largest absolute Gasteiger partial charge is 0.478 e. The lowest BCUT2D eigenvalue weighted by Crippen LogP contribution is -2.02. The molecule has 2 N–H and O–H groups in total. The highest BCUT2D eigenvalue weighted by Gasteiger charge is 2.09. The Morgan fingerprint density at radius 3 is 2.00 bits per heavy atom. The van der Waals surface area contributed by atoms with Crippen LogP contribution in [0.2, 0.25) is 0 Å². The summed E-state index contributed by atoms with van der Waals surface area (Å²) in [6, 6.07) is 3.95. The zero-order valence-electron chi connectivity index (χ0n) is 8.25. The number of rotatable bonds is 4. The second kappa shape index (κ2) is 5.37. The first-order valence-electron chi connectivity index (χ1n) is 4.43. The molecule has 0 spiro atoms. The smallest absolute Gasteiger partial charge is 0.335 e. The summed E-state index contributed by atoms with van der Waals surface area (Å²) in [5.41, 5.74) is 0.448. The molecule has 0 fully saturated rings. The van der Waals surface area contributed by atoms with Crippen molar-refractivity contribution < 1.29 is 19.8 Å². The Labute approximate surface area is 97.6 Å². The van der Waals surface area contributed by atoms with Gasteiger partial charge < -0.3 is 10.2 Å². The molecule has 1 aromatic rings. The third kappa shape index (κ3) is 3.13. The first kappa shape index (κ1) is 12.3. The molecule has 0 bridgehead atoms. The molecule has 5 heteroatoms. The van der Waals surface area contributed by atoms with Crippen molar-refractivity contribution in [3.8, 4) is 0 Å². The minimum absolute atomic E-state index is 0.0429. The highest BCUT2D eigenvalue weighted by Crippen LogP contribution is 2.12. The Hall–Kier alpha value is -1.75. The second-order valence-electron chi connectivity index (χ2n) is 3.04. The van der Waals surface area contributed by atoms with Crippen LogP contribution in [0.1, 0.15) is 26.3 Å². The molecular weight excluding hydrogens is 228 g/mol. The lowest BCUT2D eigenvalue weighted by molar-refractivity contribution is 0.0696. The van der Waals surface area contributed by atoms with Gasteiger partial charge in [-0.15, -0.1) is 0 Å². The number of carboxylic acid groups (broad SMARTS) is 2. The molecule has 0 saturated heterocycles. The topological polar surface area (TPSA) is 74.6 Å². The molecule has 0 unspecified atom stereocenters. The Kier molecular flexibility index (Phi) is 4.13. The molecule has 0 radical (unpaired) electrons. The Morgan fingerprint density at radius 1 is 1.12 bits per heavy atom. The van der Waals surface area contributed by atoms with E-state index in [9.17, 15) is 9.59 Å². The van der Waals surface area contributed by atoms with Gasteiger partial charge in [0.1, 0.15) is 0 Å². The minimum Gasteiger partial charge on any atom is -0.478 e. The van der Waals surface area contributed by atoms with Crippen molar-refractivity contribution in [1.29, 1.82) is 0 Å². The van der Waals surface area contributed by atoms with E-state index in [1.807, 2.05) is 0 Å². The Morgan fingerprint density at radius 2 is 1.62 bits per heavy atom. The van der Waals surface area contributed by atoms with E-state index in [-0.39, 0.29) is 11.1 Å².